The molecule has 28 heavy (non-hydrogen) atoms. The summed E-state index contributed by atoms with van der Waals surface area (Å²) in [6.07, 6.45) is 7.07. The molecule has 2 rings (SSSR count). The average molecular weight is 398 g/mol. The highest BCUT2D eigenvalue weighted by atomic mass is 28.3. The lowest BCUT2D eigenvalue weighted by atomic mass is 10.1. The van der Waals surface area contributed by atoms with Crippen molar-refractivity contribution in [3.8, 4) is 0 Å². The topological polar surface area (TPSA) is 69.4 Å². The Morgan fingerprint density at radius 2 is 1.75 bits per heavy atom. The largest absolute Gasteiger partial charge is 0.459 e. The summed E-state index contributed by atoms with van der Waals surface area (Å²) < 4.78 is 5.73. The second-order valence-corrected chi connectivity index (χ2v) is 13.1. The number of carbonyl (C=O) groups excluding carboxylic acids is 1. The Labute approximate surface area is 167 Å². The first-order chi connectivity index (χ1) is 13.3. The van der Waals surface area contributed by atoms with Crippen LogP contribution in [0.3, 0.4) is 0 Å². The van der Waals surface area contributed by atoms with E-state index in [2.05, 4.69) is 37.8 Å². The molecular weight excluding hydrogens is 370 g/mol. The average Bonchev–Trinajstić information content (AvgIpc) is 2.66. The number of nitro groups is 1. The number of unbranched alkanes of at least 4 members (excludes halogenated alkanes) is 1. The third-order valence-corrected chi connectivity index (χ3v) is 6.41. The van der Waals surface area contributed by atoms with Gasteiger partial charge < -0.3 is 4.74 Å². The molecule has 1 atom stereocenters. The highest BCUT2D eigenvalue weighted by Crippen LogP contribution is 2.18. The molecule has 0 saturated carbocycles. The minimum atomic E-state index is -1.77. The summed E-state index contributed by atoms with van der Waals surface area (Å²) >= 11 is 0. The molecule has 148 valence electrons. The normalized spacial score (nSPS) is 12.7. The van der Waals surface area contributed by atoms with Crippen LogP contribution < -0.4 is 0 Å². The number of non-ortho nitro benzene ring substituents is 1. The number of hydrogen-bond acceptors (Lipinski definition) is 4. The number of aryl methyl sites for hydroxylation is 1. The van der Waals surface area contributed by atoms with Gasteiger partial charge in [-0.3, -0.25) is 10.1 Å². The summed E-state index contributed by atoms with van der Waals surface area (Å²) in [4.78, 5) is 22.7. The first kappa shape index (κ1) is 21.6. The molecule has 0 unspecified atom stereocenters. The molecule has 5 nitrogen and oxygen atoms in total. The lowest BCUT2D eigenvalue weighted by Gasteiger charge is -2.26. The van der Waals surface area contributed by atoms with Crippen molar-refractivity contribution in [2.75, 3.05) is 0 Å². The van der Waals surface area contributed by atoms with E-state index in [1.807, 2.05) is 24.3 Å². The van der Waals surface area contributed by atoms with Gasteiger partial charge in [0.2, 0.25) is 0 Å². The third-order valence-electron chi connectivity index (χ3n) is 4.39. The van der Waals surface area contributed by atoms with Crippen molar-refractivity contribution < 1.29 is 14.5 Å². The second-order valence-electron chi connectivity index (χ2n) is 7.80. The third kappa shape index (κ3) is 6.77. The van der Waals surface area contributed by atoms with Gasteiger partial charge in [0, 0.05) is 12.1 Å². The van der Waals surface area contributed by atoms with Crippen LogP contribution in [0.5, 0.6) is 0 Å². The van der Waals surface area contributed by atoms with E-state index in [9.17, 15) is 14.9 Å². The Morgan fingerprint density at radius 1 is 1.11 bits per heavy atom. The van der Waals surface area contributed by atoms with Gasteiger partial charge in [-0.15, -0.1) is 0 Å². The van der Waals surface area contributed by atoms with E-state index in [4.69, 9.17) is 4.74 Å². The number of esters is 1. The van der Waals surface area contributed by atoms with Crippen LogP contribution in [0, 0.1) is 10.1 Å². The fourth-order valence-electron chi connectivity index (χ4n) is 2.70. The van der Waals surface area contributed by atoms with Crippen LogP contribution in [0.4, 0.5) is 5.69 Å². The van der Waals surface area contributed by atoms with E-state index in [1.165, 1.54) is 29.8 Å². The molecule has 0 heterocycles. The number of allylic oxidation sites excluding steroid dienone is 1. The van der Waals surface area contributed by atoms with Gasteiger partial charge >= 0.3 is 5.97 Å². The minimum Gasteiger partial charge on any atom is -0.459 e. The molecule has 0 saturated heterocycles. The van der Waals surface area contributed by atoms with Crippen LogP contribution in [-0.2, 0) is 11.2 Å². The summed E-state index contributed by atoms with van der Waals surface area (Å²) in [6.45, 7) is 6.44. The van der Waals surface area contributed by atoms with Crippen molar-refractivity contribution in [3.63, 3.8) is 0 Å². The van der Waals surface area contributed by atoms with Crippen molar-refractivity contribution >= 4 is 19.7 Å². The van der Waals surface area contributed by atoms with Crippen LogP contribution in [0.15, 0.2) is 66.7 Å². The molecule has 0 fully saturated rings. The number of benzene rings is 2. The number of ether oxygens (including phenoxy) is 1. The summed E-state index contributed by atoms with van der Waals surface area (Å²) in [7, 11) is -1.77. The van der Waals surface area contributed by atoms with E-state index in [0.29, 0.717) is 5.56 Å². The van der Waals surface area contributed by atoms with E-state index in [0.717, 1.165) is 19.3 Å². The summed E-state index contributed by atoms with van der Waals surface area (Å²) in [5.74, 6) is -0.448. The fraction of sp³-hybridized carbons (Fsp3) is 0.318. The molecule has 0 aliphatic carbocycles. The van der Waals surface area contributed by atoms with Gasteiger partial charge in [0.05, 0.1) is 18.6 Å². The van der Waals surface area contributed by atoms with Gasteiger partial charge in [0.25, 0.3) is 5.69 Å². The number of nitrogens with zero attached hydrogens (tertiary/aromatic N) is 1. The standard InChI is InChI=1S/C22H27NO4Si/c1-28(2,3)21(13-9-5-8-12-18-10-6-4-7-11-18)27-22(24)19-14-16-20(17-15-19)23(25)26/h4,6-7,9-11,13-17,21H,5,8,12H2,1-3H3/b13-9+/t21-/m0/s1. The van der Waals surface area contributed by atoms with Gasteiger partial charge in [-0.1, -0.05) is 62.1 Å². The molecular formula is C22H27NO4Si. The maximum atomic E-state index is 12.5. The number of carbonyl (C=O) groups is 1. The van der Waals surface area contributed by atoms with Crippen LogP contribution in [0.2, 0.25) is 19.6 Å². The van der Waals surface area contributed by atoms with Gasteiger partial charge in [0.1, 0.15) is 5.73 Å². The molecule has 0 aliphatic rings. The van der Waals surface area contributed by atoms with Crippen LogP contribution in [0.1, 0.15) is 28.8 Å². The Balaban J connectivity index is 1.93. The van der Waals surface area contributed by atoms with Crippen LogP contribution in [0.25, 0.3) is 0 Å². The van der Waals surface area contributed by atoms with E-state index >= 15 is 0 Å². The zero-order valence-electron chi connectivity index (χ0n) is 16.6. The molecule has 6 heteroatoms. The van der Waals surface area contributed by atoms with E-state index < -0.39 is 19.0 Å². The molecule has 2 aromatic rings. The maximum absolute atomic E-state index is 12.5. The van der Waals surface area contributed by atoms with Crippen molar-refractivity contribution in [2.45, 2.75) is 44.6 Å². The van der Waals surface area contributed by atoms with E-state index in [1.54, 1.807) is 0 Å². The van der Waals surface area contributed by atoms with Gasteiger partial charge in [-0.2, -0.15) is 0 Å². The Morgan fingerprint density at radius 3 is 2.32 bits per heavy atom. The molecule has 0 amide bonds. The summed E-state index contributed by atoms with van der Waals surface area (Å²) in [6, 6.07) is 15.9. The monoisotopic (exact) mass is 397 g/mol. The molecule has 2 aromatic carbocycles. The molecule has 0 bridgehead atoms. The Bertz CT molecular complexity index is 811. The smallest absolute Gasteiger partial charge is 0.338 e. The maximum Gasteiger partial charge on any atom is 0.338 e. The first-order valence-corrected chi connectivity index (χ1v) is 13.0. The summed E-state index contributed by atoms with van der Waals surface area (Å²) in [5, 5.41) is 10.7. The van der Waals surface area contributed by atoms with Gasteiger partial charge in [-0.05, 0) is 37.0 Å². The van der Waals surface area contributed by atoms with Gasteiger partial charge in [-0.25, -0.2) is 4.79 Å². The Kier molecular flexibility index (Phi) is 7.69. The lowest BCUT2D eigenvalue weighted by Crippen LogP contribution is -2.40. The summed E-state index contributed by atoms with van der Waals surface area (Å²) in [5.41, 5.74) is 1.36. The molecule has 0 aromatic heterocycles. The van der Waals surface area contributed by atoms with Crippen molar-refractivity contribution in [1.29, 1.82) is 0 Å². The fourth-order valence-corrected chi connectivity index (χ4v) is 3.87. The number of rotatable bonds is 9. The zero-order chi connectivity index (χ0) is 20.6. The Hall–Kier alpha value is -2.73. The highest BCUT2D eigenvalue weighted by molar-refractivity contribution is 6.77. The minimum absolute atomic E-state index is 0.0448. The predicted molar refractivity (Wildman–Crippen MR) is 114 cm³/mol. The van der Waals surface area contributed by atoms with E-state index in [-0.39, 0.29) is 11.4 Å². The number of nitro benzene ring substituents is 1. The molecule has 0 spiro atoms. The number of hydrogen-bond donors (Lipinski definition) is 0. The molecule has 0 aliphatic heterocycles. The van der Waals surface area contributed by atoms with Gasteiger partial charge in [0.15, 0.2) is 0 Å². The zero-order valence-corrected chi connectivity index (χ0v) is 17.6. The van der Waals surface area contributed by atoms with Crippen molar-refractivity contribution in [2.24, 2.45) is 0 Å². The molecule has 0 N–H and O–H groups in total. The second kappa shape index (κ2) is 9.99. The van der Waals surface area contributed by atoms with Crippen LogP contribution >= 0.6 is 0 Å². The highest BCUT2D eigenvalue weighted by Gasteiger charge is 2.28. The quantitative estimate of drug-likeness (QED) is 0.138. The molecule has 0 radical (unpaired) electrons. The van der Waals surface area contributed by atoms with Crippen LogP contribution in [-0.4, -0.2) is 24.7 Å². The predicted octanol–water partition coefficient (Wildman–Crippen LogP) is 5.58. The van der Waals surface area contributed by atoms with Crippen molar-refractivity contribution in [3.05, 3.63) is 88.0 Å². The van der Waals surface area contributed by atoms with Crippen molar-refractivity contribution in [1.82, 2.24) is 0 Å². The SMILES string of the molecule is C[Si](C)(C)[C@@H](/C=C/CCCc1ccccc1)OC(=O)c1ccc([N+](=O)[O-])cc1. The lowest BCUT2D eigenvalue weighted by molar-refractivity contribution is -0.384. The first-order valence-electron chi connectivity index (χ1n) is 9.43.